The highest BCUT2D eigenvalue weighted by atomic mass is 16.2. The van der Waals surface area contributed by atoms with Crippen LogP contribution in [0.5, 0.6) is 0 Å². The molecule has 1 aliphatic rings. The molecular formula is C18H25NO. The van der Waals surface area contributed by atoms with Gasteiger partial charge in [0.1, 0.15) is 0 Å². The third-order valence-corrected chi connectivity index (χ3v) is 3.84. The summed E-state index contributed by atoms with van der Waals surface area (Å²) in [5, 5.41) is 0. The van der Waals surface area contributed by atoms with Gasteiger partial charge in [0.05, 0.1) is 0 Å². The Bertz CT molecular complexity index is 522. The lowest BCUT2D eigenvalue weighted by Gasteiger charge is -2.32. The number of hydrogen-bond donors (Lipinski definition) is 0. The maximum absolute atomic E-state index is 12.3. The molecule has 2 nitrogen and oxygen atoms in total. The zero-order chi connectivity index (χ0) is 14.8. The van der Waals surface area contributed by atoms with E-state index in [1.807, 2.05) is 25.7 Å². The molecule has 0 fully saturated rings. The Morgan fingerprint density at radius 2 is 2.05 bits per heavy atom. The van der Waals surface area contributed by atoms with Gasteiger partial charge in [0, 0.05) is 18.5 Å². The molecule has 0 bridgehead atoms. The van der Waals surface area contributed by atoms with Crippen LogP contribution in [0.4, 0.5) is 0 Å². The van der Waals surface area contributed by atoms with E-state index in [4.69, 9.17) is 0 Å². The SMILES string of the molecule is CCc1cccc(C2=CCN(C(=O)C(C)(C)C)CC2)c1. The zero-order valence-corrected chi connectivity index (χ0v) is 13.1. The summed E-state index contributed by atoms with van der Waals surface area (Å²) in [5.74, 6) is 0.245. The van der Waals surface area contributed by atoms with Crippen molar-refractivity contribution in [3.05, 3.63) is 41.5 Å². The fourth-order valence-corrected chi connectivity index (χ4v) is 2.58. The lowest BCUT2D eigenvalue weighted by molar-refractivity contribution is -0.138. The first kappa shape index (κ1) is 14.8. The van der Waals surface area contributed by atoms with Crippen molar-refractivity contribution >= 4 is 11.5 Å². The minimum absolute atomic E-state index is 0.245. The molecule has 0 radical (unpaired) electrons. The van der Waals surface area contributed by atoms with Crippen LogP contribution < -0.4 is 0 Å². The Morgan fingerprint density at radius 3 is 2.60 bits per heavy atom. The lowest BCUT2D eigenvalue weighted by atomic mass is 9.92. The van der Waals surface area contributed by atoms with Crippen molar-refractivity contribution < 1.29 is 4.79 Å². The lowest BCUT2D eigenvalue weighted by Crippen LogP contribution is -2.41. The summed E-state index contributed by atoms with van der Waals surface area (Å²) in [5.41, 5.74) is 3.77. The van der Waals surface area contributed by atoms with Crippen LogP contribution in [-0.4, -0.2) is 23.9 Å². The molecule has 0 aliphatic carbocycles. The molecule has 1 aliphatic heterocycles. The Kier molecular flexibility index (Phi) is 4.32. The van der Waals surface area contributed by atoms with Crippen molar-refractivity contribution in [2.24, 2.45) is 5.41 Å². The van der Waals surface area contributed by atoms with E-state index >= 15 is 0 Å². The molecule has 0 spiro atoms. The van der Waals surface area contributed by atoms with Crippen LogP contribution in [0.25, 0.3) is 5.57 Å². The van der Waals surface area contributed by atoms with Gasteiger partial charge >= 0.3 is 0 Å². The van der Waals surface area contributed by atoms with Gasteiger partial charge in [-0.3, -0.25) is 4.79 Å². The number of hydrogen-bond acceptors (Lipinski definition) is 1. The van der Waals surface area contributed by atoms with Gasteiger partial charge in [-0.15, -0.1) is 0 Å². The average Bonchev–Trinajstić information content (AvgIpc) is 2.46. The number of aryl methyl sites for hydroxylation is 1. The molecule has 1 amide bonds. The van der Waals surface area contributed by atoms with Gasteiger partial charge in [0.15, 0.2) is 0 Å². The summed E-state index contributed by atoms with van der Waals surface area (Å²) in [4.78, 5) is 14.2. The number of benzene rings is 1. The van der Waals surface area contributed by atoms with E-state index in [-0.39, 0.29) is 11.3 Å². The van der Waals surface area contributed by atoms with Crippen LogP contribution in [0.2, 0.25) is 0 Å². The maximum atomic E-state index is 12.3. The minimum atomic E-state index is -0.284. The third-order valence-electron chi connectivity index (χ3n) is 3.84. The molecule has 2 rings (SSSR count). The molecule has 0 unspecified atom stereocenters. The standard InChI is InChI=1S/C18H25NO/c1-5-14-7-6-8-16(13-14)15-9-11-19(12-10-15)17(20)18(2,3)4/h6-9,13H,5,10-12H2,1-4H3. The second-order valence-corrected chi connectivity index (χ2v) is 6.53. The molecule has 1 heterocycles. The number of carbonyl (C=O) groups is 1. The van der Waals surface area contributed by atoms with Gasteiger partial charge in [-0.1, -0.05) is 58.0 Å². The largest absolute Gasteiger partial charge is 0.338 e. The third kappa shape index (κ3) is 3.30. The Morgan fingerprint density at radius 1 is 1.30 bits per heavy atom. The number of rotatable bonds is 2. The van der Waals surface area contributed by atoms with Gasteiger partial charge in [0.25, 0.3) is 0 Å². The molecule has 0 N–H and O–H groups in total. The first-order valence-corrected chi connectivity index (χ1v) is 7.49. The smallest absolute Gasteiger partial charge is 0.228 e. The molecule has 108 valence electrons. The molecule has 20 heavy (non-hydrogen) atoms. The van der Waals surface area contributed by atoms with Gasteiger partial charge in [-0.05, 0) is 29.5 Å². The van der Waals surface area contributed by atoms with Crippen LogP contribution in [0.15, 0.2) is 30.3 Å². The van der Waals surface area contributed by atoms with Gasteiger partial charge in [-0.2, -0.15) is 0 Å². The van der Waals surface area contributed by atoms with Crippen LogP contribution >= 0.6 is 0 Å². The van der Waals surface area contributed by atoms with E-state index in [1.165, 1.54) is 16.7 Å². The monoisotopic (exact) mass is 271 g/mol. The molecule has 0 aromatic heterocycles. The minimum Gasteiger partial charge on any atom is -0.338 e. The number of nitrogens with zero attached hydrogens (tertiary/aromatic N) is 1. The highest BCUT2D eigenvalue weighted by Crippen LogP contribution is 2.26. The molecule has 1 aromatic rings. The van der Waals surface area contributed by atoms with Crippen molar-refractivity contribution in [1.82, 2.24) is 4.90 Å². The summed E-state index contributed by atoms with van der Waals surface area (Å²) in [7, 11) is 0. The summed E-state index contributed by atoms with van der Waals surface area (Å²) >= 11 is 0. The first-order chi connectivity index (χ1) is 9.41. The van der Waals surface area contributed by atoms with E-state index in [2.05, 4.69) is 37.3 Å². The Labute approximate surface area is 122 Å². The van der Waals surface area contributed by atoms with Gasteiger partial charge in [-0.25, -0.2) is 0 Å². The molecular weight excluding hydrogens is 246 g/mol. The molecule has 1 aromatic carbocycles. The van der Waals surface area contributed by atoms with Crippen molar-refractivity contribution in [3.8, 4) is 0 Å². The van der Waals surface area contributed by atoms with Gasteiger partial charge in [0.2, 0.25) is 5.91 Å². The molecule has 0 saturated heterocycles. The fraction of sp³-hybridized carbons (Fsp3) is 0.500. The normalized spacial score (nSPS) is 16.0. The summed E-state index contributed by atoms with van der Waals surface area (Å²) < 4.78 is 0. The predicted molar refractivity (Wildman–Crippen MR) is 84.4 cm³/mol. The average molecular weight is 271 g/mol. The molecule has 2 heteroatoms. The number of carbonyl (C=O) groups excluding carboxylic acids is 1. The number of amides is 1. The topological polar surface area (TPSA) is 20.3 Å². The summed E-state index contributed by atoms with van der Waals surface area (Å²) in [6.07, 6.45) is 4.23. The second kappa shape index (κ2) is 5.82. The summed E-state index contributed by atoms with van der Waals surface area (Å²) in [6, 6.07) is 8.74. The van der Waals surface area contributed by atoms with Crippen LogP contribution in [0.3, 0.4) is 0 Å². The van der Waals surface area contributed by atoms with E-state index in [0.717, 1.165) is 25.9 Å². The zero-order valence-electron chi connectivity index (χ0n) is 13.1. The fourth-order valence-electron chi connectivity index (χ4n) is 2.58. The molecule has 0 atom stereocenters. The van der Waals surface area contributed by atoms with E-state index < -0.39 is 0 Å². The van der Waals surface area contributed by atoms with Crippen molar-refractivity contribution in [2.45, 2.75) is 40.5 Å². The van der Waals surface area contributed by atoms with E-state index in [9.17, 15) is 4.79 Å². The summed E-state index contributed by atoms with van der Waals surface area (Å²) in [6.45, 7) is 9.70. The highest BCUT2D eigenvalue weighted by Gasteiger charge is 2.28. The van der Waals surface area contributed by atoms with E-state index in [0.29, 0.717) is 0 Å². The Balaban J connectivity index is 2.11. The predicted octanol–water partition coefficient (Wildman–Crippen LogP) is 3.91. The van der Waals surface area contributed by atoms with Crippen molar-refractivity contribution in [2.75, 3.05) is 13.1 Å². The van der Waals surface area contributed by atoms with Crippen LogP contribution in [0.1, 0.15) is 45.2 Å². The van der Waals surface area contributed by atoms with Crippen LogP contribution in [-0.2, 0) is 11.2 Å². The van der Waals surface area contributed by atoms with E-state index in [1.54, 1.807) is 0 Å². The highest BCUT2D eigenvalue weighted by molar-refractivity contribution is 5.82. The Hall–Kier alpha value is -1.57. The molecule has 0 saturated carbocycles. The van der Waals surface area contributed by atoms with Crippen LogP contribution in [0, 0.1) is 5.41 Å². The van der Waals surface area contributed by atoms with Crippen molar-refractivity contribution in [1.29, 1.82) is 0 Å². The quantitative estimate of drug-likeness (QED) is 0.798. The van der Waals surface area contributed by atoms with Gasteiger partial charge < -0.3 is 4.90 Å². The maximum Gasteiger partial charge on any atom is 0.228 e. The second-order valence-electron chi connectivity index (χ2n) is 6.53. The first-order valence-electron chi connectivity index (χ1n) is 7.49. The van der Waals surface area contributed by atoms with Crippen molar-refractivity contribution in [3.63, 3.8) is 0 Å².